The lowest BCUT2D eigenvalue weighted by atomic mass is 10.2. The minimum atomic E-state index is -0.209. The summed E-state index contributed by atoms with van der Waals surface area (Å²) in [6.07, 6.45) is 0.361. The van der Waals surface area contributed by atoms with Crippen LogP contribution in [0.2, 0.25) is 0 Å². The van der Waals surface area contributed by atoms with Crippen molar-refractivity contribution in [2.75, 3.05) is 7.11 Å². The highest BCUT2D eigenvalue weighted by atomic mass is 16.5. The Kier molecular flexibility index (Phi) is 4.49. The number of carbonyl (C=O) groups excluding carboxylic acids is 1. The van der Waals surface area contributed by atoms with Gasteiger partial charge in [0.15, 0.2) is 0 Å². The van der Waals surface area contributed by atoms with E-state index in [1.807, 2.05) is 20.8 Å². The summed E-state index contributed by atoms with van der Waals surface area (Å²) < 4.78 is 9.64. The topological polar surface area (TPSA) is 64.4 Å². The van der Waals surface area contributed by atoms with Gasteiger partial charge in [-0.05, 0) is 20.8 Å². The predicted molar refractivity (Wildman–Crippen MR) is 58.9 cm³/mol. The van der Waals surface area contributed by atoms with Gasteiger partial charge in [0.2, 0.25) is 0 Å². The number of ether oxygens (including phenoxy) is 1. The number of carbonyl (C=O) groups is 1. The third-order valence-corrected chi connectivity index (χ3v) is 2.51. The highest BCUT2D eigenvalue weighted by Gasteiger charge is 2.12. The zero-order valence-corrected chi connectivity index (χ0v) is 10.2. The third kappa shape index (κ3) is 3.34. The van der Waals surface area contributed by atoms with Gasteiger partial charge >= 0.3 is 5.97 Å². The molecule has 0 aliphatic heterocycles. The summed E-state index contributed by atoms with van der Waals surface area (Å²) >= 11 is 0. The molecule has 1 rings (SSSR count). The van der Waals surface area contributed by atoms with Crippen LogP contribution in [0, 0.1) is 13.8 Å². The van der Waals surface area contributed by atoms with Crippen LogP contribution in [0.4, 0.5) is 0 Å². The van der Waals surface area contributed by atoms with E-state index in [-0.39, 0.29) is 12.0 Å². The minimum absolute atomic E-state index is 0.0705. The van der Waals surface area contributed by atoms with E-state index in [4.69, 9.17) is 4.52 Å². The Labute approximate surface area is 95.1 Å². The van der Waals surface area contributed by atoms with Gasteiger partial charge in [-0.25, -0.2) is 0 Å². The summed E-state index contributed by atoms with van der Waals surface area (Å²) in [5.74, 6) is 0.606. The molecule has 0 aliphatic rings. The first kappa shape index (κ1) is 12.7. The molecule has 0 amide bonds. The largest absolute Gasteiger partial charge is 0.469 e. The van der Waals surface area contributed by atoms with E-state index in [2.05, 4.69) is 15.2 Å². The molecule has 0 spiro atoms. The van der Waals surface area contributed by atoms with Crippen molar-refractivity contribution in [3.8, 4) is 0 Å². The number of aromatic nitrogens is 1. The van der Waals surface area contributed by atoms with Gasteiger partial charge in [0.25, 0.3) is 0 Å². The molecule has 0 fully saturated rings. The summed E-state index contributed by atoms with van der Waals surface area (Å²) in [6.45, 7) is 6.37. The summed E-state index contributed by atoms with van der Waals surface area (Å²) in [5, 5.41) is 7.10. The van der Waals surface area contributed by atoms with Gasteiger partial charge in [0.1, 0.15) is 5.76 Å². The maximum Gasteiger partial charge on any atom is 0.307 e. The smallest absolute Gasteiger partial charge is 0.307 e. The quantitative estimate of drug-likeness (QED) is 0.767. The summed E-state index contributed by atoms with van der Waals surface area (Å²) in [5.41, 5.74) is 1.94. The first-order valence-electron chi connectivity index (χ1n) is 5.26. The van der Waals surface area contributed by atoms with Crippen molar-refractivity contribution in [2.24, 2.45) is 0 Å². The number of nitrogens with one attached hydrogen (secondary N) is 1. The lowest BCUT2D eigenvalue weighted by Crippen LogP contribution is -2.28. The highest BCUT2D eigenvalue weighted by Crippen LogP contribution is 2.11. The van der Waals surface area contributed by atoms with Gasteiger partial charge in [0.05, 0.1) is 19.2 Å². The first-order valence-corrected chi connectivity index (χ1v) is 5.26. The number of aryl methyl sites for hydroxylation is 2. The van der Waals surface area contributed by atoms with Crippen LogP contribution in [0.1, 0.15) is 30.4 Å². The molecule has 1 unspecified atom stereocenters. The van der Waals surface area contributed by atoms with Crippen LogP contribution in [0.15, 0.2) is 4.52 Å². The molecule has 5 nitrogen and oxygen atoms in total. The Hall–Kier alpha value is -1.36. The third-order valence-electron chi connectivity index (χ3n) is 2.51. The summed E-state index contributed by atoms with van der Waals surface area (Å²) in [4.78, 5) is 11.0. The van der Waals surface area contributed by atoms with Crippen LogP contribution in [-0.4, -0.2) is 24.3 Å². The van der Waals surface area contributed by atoms with Crippen LogP contribution in [-0.2, 0) is 16.1 Å². The highest BCUT2D eigenvalue weighted by molar-refractivity contribution is 5.69. The molecular formula is C11H18N2O3. The average molecular weight is 226 g/mol. The van der Waals surface area contributed by atoms with Gasteiger partial charge in [-0.3, -0.25) is 4.79 Å². The molecule has 0 aliphatic carbocycles. The summed E-state index contributed by atoms with van der Waals surface area (Å²) in [6, 6.07) is 0.0705. The predicted octanol–water partition coefficient (Wildman–Crippen LogP) is 1.33. The van der Waals surface area contributed by atoms with Gasteiger partial charge < -0.3 is 14.6 Å². The van der Waals surface area contributed by atoms with Crippen molar-refractivity contribution in [3.63, 3.8) is 0 Å². The Morgan fingerprint density at radius 2 is 2.25 bits per heavy atom. The molecule has 1 aromatic rings. The van der Waals surface area contributed by atoms with Crippen LogP contribution < -0.4 is 5.32 Å². The van der Waals surface area contributed by atoms with Crippen molar-refractivity contribution in [1.29, 1.82) is 0 Å². The molecule has 1 N–H and O–H groups in total. The Morgan fingerprint density at radius 3 is 2.75 bits per heavy atom. The standard InChI is InChI=1S/C11H18N2O3/c1-7(5-11(14)15-4)12-6-10-8(2)13-16-9(10)3/h7,12H,5-6H2,1-4H3. The van der Waals surface area contributed by atoms with Gasteiger partial charge in [-0.2, -0.15) is 0 Å². The number of methoxy groups -OCH3 is 1. The van der Waals surface area contributed by atoms with E-state index < -0.39 is 0 Å². The van der Waals surface area contributed by atoms with Gasteiger partial charge in [-0.15, -0.1) is 0 Å². The monoisotopic (exact) mass is 226 g/mol. The number of hydrogen-bond acceptors (Lipinski definition) is 5. The van der Waals surface area contributed by atoms with E-state index in [9.17, 15) is 4.79 Å². The average Bonchev–Trinajstić information content (AvgIpc) is 2.56. The van der Waals surface area contributed by atoms with Gasteiger partial charge in [-0.1, -0.05) is 5.16 Å². The van der Waals surface area contributed by atoms with E-state index in [0.717, 1.165) is 17.0 Å². The molecule has 0 aromatic carbocycles. The van der Waals surface area contributed by atoms with E-state index in [0.29, 0.717) is 13.0 Å². The molecule has 1 aromatic heterocycles. The zero-order chi connectivity index (χ0) is 12.1. The second-order valence-electron chi connectivity index (χ2n) is 3.86. The van der Waals surface area contributed by atoms with Crippen LogP contribution >= 0.6 is 0 Å². The zero-order valence-electron chi connectivity index (χ0n) is 10.2. The van der Waals surface area contributed by atoms with Crippen LogP contribution in [0.25, 0.3) is 0 Å². The van der Waals surface area contributed by atoms with Crippen molar-refractivity contribution < 1.29 is 14.1 Å². The first-order chi connectivity index (χ1) is 7.54. The summed E-state index contributed by atoms with van der Waals surface area (Å²) in [7, 11) is 1.39. The Morgan fingerprint density at radius 1 is 1.56 bits per heavy atom. The lowest BCUT2D eigenvalue weighted by molar-refractivity contribution is -0.141. The molecular weight excluding hydrogens is 208 g/mol. The molecule has 90 valence electrons. The SMILES string of the molecule is COC(=O)CC(C)NCc1c(C)noc1C. The molecule has 0 saturated heterocycles. The van der Waals surface area contributed by atoms with Crippen molar-refractivity contribution in [1.82, 2.24) is 10.5 Å². The normalized spacial score (nSPS) is 12.5. The number of hydrogen-bond donors (Lipinski definition) is 1. The number of esters is 1. The van der Waals surface area contributed by atoms with E-state index in [1.165, 1.54) is 7.11 Å². The van der Waals surface area contributed by atoms with Gasteiger partial charge in [0, 0.05) is 18.2 Å². The second-order valence-corrected chi connectivity index (χ2v) is 3.86. The molecule has 0 bridgehead atoms. The Bertz CT molecular complexity index is 341. The van der Waals surface area contributed by atoms with Crippen molar-refractivity contribution in [3.05, 3.63) is 17.0 Å². The molecule has 1 heterocycles. The molecule has 0 saturated carbocycles. The fourth-order valence-corrected chi connectivity index (χ4v) is 1.44. The van der Waals surface area contributed by atoms with Crippen LogP contribution in [0.3, 0.4) is 0 Å². The van der Waals surface area contributed by atoms with Crippen LogP contribution in [0.5, 0.6) is 0 Å². The number of rotatable bonds is 5. The fourth-order valence-electron chi connectivity index (χ4n) is 1.44. The molecule has 1 atom stereocenters. The molecule has 16 heavy (non-hydrogen) atoms. The Balaban J connectivity index is 2.43. The van der Waals surface area contributed by atoms with E-state index in [1.54, 1.807) is 0 Å². The lowest BCUT2D eigenvalue weighted by Gasteiger charge is -2.11. The second kappa shape index (κ2) is 5.65. The van der Waals surface area contributed by atoms with Crippen molar-refractivity contribution in [2.45, 2.75) is 39.8 Å². The fraction of sp³-hybridized carbons (Fsp3) is 0.636. The maximum absolute atomic E-state index is 11.0. The maximum atomic E-state index is 11.0. The van der Waals surface area contributed by atoms with E-state index >= 15 is 0 Å². The molecule has 0 radical (unpaired) electrons. The van der Waals surface area contributed by atoms with Crippen molar-refractivity contribution >= 4 is 5.97 Å². The minimum Gasteiger partial charge on any atom is -0.469 e. The number of nitrogens with zero attached hydrogens (tertiary/aromatic N) is 1. The molecule has 5 heteroatoms.